The average molecular weight is 880 g/mol. The lowest BCUT2D eigenvalue weighted by atomic mass is 9.83. The number of ether oxygens (including phenoxy) is 10. The van der Waals surface area contributed by atoms with Crippen LogP contribution in [0, 0.1) is 11.8 Å². The first kappa shape index (κ1) is 44.1. The molecule has 17 nitrogen and oxygen atoms in total. The Morgan fingerprint density at radius 1 is 0.714 bits per heavy atom. The Kier molecular flexibility index (Phi) is 13.2. The second-order valence-electron chi connectivity index (χ2n) is 18.4. The molecule has 63 heavy (non-hydrogen) atoms. The van der Waals surface area contributed by atoms with Crippen molar-refractivity contribution in [2.45, 2.75) is 177 Å². The summed E-state index contributed by atoms with van der Waals surface area (Å²) >= 11 is 0. The van der Waals surface area contributed by atoms with Gasteiger partial charge in [0.15, 0.2) is 30.8 Å². The van der Waals surface area contributed by atoms with E-state index in [1.807, 2.05) is 81.4 Å². The fourth-order valence-corrected chi connectivity index (χ4v) is 10.3. The average Bonchev–Trinajstić information content (AvgIpc) is 3.79. The standard InChI is InChI=1S/C46H61N3O14/c1-25-20-32(50)41(56-27(25)3)61-42-34-38(60-45(53)49(34)4)37-33(57-42)21-26(2)40(59-37)58-35-30(47-43(51)54-23-28-14-8-5-9-15-28)22-31(48-44(52)55-24-29-16-10-6-11-17-29)36-39(35)63-46(62-36)18-12-7-13-19-46/h5-6,8-11,14-17,25-27,30-42,50H,7,12-13,18-24H2,1-4H3,(H,47,51)(H,48,52)/t25-,26?,27?,30?,31+,32?,33-,34?,35+,36?,37?,38?,39-,40-,41+,42?/m0/s1. The number of nitrogens with zero attached hydrogens (tertiary/aromatic N) is 1. The molecule has 7 fully saturated rings. The van der Waals surface area contributed by atoms with E-state index in [0.717, 1.165) is 30.4 Å². The normalized spacial score (nSPS) is 39.3. The van der Waals surface area contributed by atoms with Crippen molar-refractivity contribution >= 4 is 18.3 Å². The molecule has 2 aromatic rings. The summed E-state index contributed by atoms with van der Waals surface area (Å²) in [6.45, 7) is 6.06. The quantitative estimate of drug-likeness (QED) is 0.262. The number of rotatable bonds is 10. The maximum absolute atomic E-state index is 13.7. The lowest BCUT2D eigenvalue weighted by Gasteiger charge is -2.50. The van der Waals surface area contributed by atoms with E-state index >= 15 is 0 Å². The molecule has 5 heterocycles. The van der Waals surface area contributed by atoms with Crippen molar-refractivity contribution in [2.75, 3.05) is 7.05 Å². The molecule has 0 bridgehead atoms. The van der Waals surface area contributed by atoms with Crippen LogP contribution in [0.25, 0.3) is 0 Å². The summed E-state index contributed by atoms with van der Waals surface area (Å²) in [5, 5.41) is 17.0. The van der Waals surface area contributed by atoms with Gasteiger partial charge in [-0.25, -0.2) is 14.4 Å². The summed E-state index contributed by atoms with van der Waals surface area (Å²) < 4.78 is 63.9. The zero-order chi connectivity index (χ0) is 43.8. The number of hydrogen-bond acceptors (Lipinski definition) is 14. The molecule has 0 aromatic heterocycles. The maximum Gasteiger partial charge on any atom is 0.410 e. The zero-order valence-corrected chi connectivity index (χ0v) is 36.3. The van der Waals surface area contributed by atoms with E-state index in [9.17, 15) is 19.5 Å². The van der Waals surface area contributed by atoms with Crippen molar-refractivity contribution in [3.63, 3.8) is 0 Å². The number of aliphatic hydroxyl groups is 1. The van der Waals surface area contributed by atoms with Gasteiger partial charge in [0, 0.05) is 25.8 Å². The number of nitrogens with one attached hydrogen (secondary N) is 2. The van der Waals surface area contributed by atoms with Crippen LogP contribution < -0.4 is 10.6 Å². The zero-order valence-electron chi connectivity index (χ0n) is 36.3. The Labute approximate surface area is 367 Å². The van der Waals surface area contributed by atoms with E-state index in [0.29, 0.717) is 25.7 Å². The fourth-order valence-electron chi connectivity index (χ4n) is 10.3. The van der Waals surface area contributed by atoms with Crippen molar-refractivity contribution in [3.8, 4) is 0 Å². The predicted octanol–water partition coefficient (Wildman–Crippen LogP) is 5.25. The highest BCUT2D eigenvalue weighted by Gasteiger charge is 2.62. The first-order valence-electron chi connectivity index (χ1n) is 22.6. The summed E-state index contributed by atoms with van der Waals surface area (Å²) in [4.78, 5) is 41.7. The Balaban J connectivity index is 0.956. The molecule has 16 atom stereocenters. The third-order valence-corrected chi connectivity index (χ3v) is 13.9. The minimum atomic E-state index is -0.963. The first-order valence-corrected chi connectivity index (χ1v) is 22.6. The van der Waals surface area contributed by atoms with Gasteiger partial charge in [-0.05, 0) is 56.1 Å². The van der Waals surface area contributed by atoms with Crippen molar-refractivity contribution in [3.05, 3.63) is 71.8 Å². The molecule has 2 saturated carbocycles. The largest absolute Gasteiger partial charge is 0.445 e. The number of aliphatic hydroxyl groups excluding tert-OH is 1. The van der Waals surface area contributed by atoms with Gasteiger partial charge >= 0.3 is 18.3 Å². The van der Waals surface area contributed by atoms with E-state index in [1.54, 1.807) is 7.05 Å². The van der Waals surface area contributed by atoms with Crippen LogP contribution >= 0.6 is 0 Å². The molecule has 2 aliphatic carbocycles. The van der Waals surface area contributed by atoms with E-state index in [1.165, 1.54) is 4.90 Å². The molecule has 17 heteroatoms. The SMILES string of the molecule is CC1C[C@@H]2OC(O[C@H]3OC(C)[C@@H](C)CC3O)C3C(OC(=O)N3C)C2O[C@@H]1O[C@@H]1C(NC(=O)OCc2ccccc2)C[C@@H](NC(=O)OCc2ccccc2)C2OC3(CCCCC3)O[C@H]21. The number of alkyl carbamates (subject to hydrolysis) is 2. The third kappa shape index (κ3) is 9.53. The van der Waals surface area contributed by atoms with Crippen molar-refractivity contribution < 1.29 is 66.9 Å². The number of benzene rings is 2. The number of likely N-dealkylation sites (N-methyl/N-ethyl adjacent to an activating group) is 1. The Morgan fingerprint density at radius 3 is 2.02 bits per heavy atom. The molecule has 9 unspecified atom stereocenters. The van der Waals surface area contributed by atoms with Crippen LogP contribution in [0.5, 0.6) is 0 Å². The Hall–Kier alpha value is -4.07. The maximum atomic E-state index is 13.7. The first-order chi connectivity index (χ1) is 30.4. The Bertz CT molecular complexity index is 1890. The highest BCUT2D eigenvalue weighted by molar-refractivity contribution is 5.71. The lowest BCUT2D eigenvalue weighted by Crippen LogP contribution is -2.67. The molecular formula is C46H61N3O14. The van der Waals surface area contributed by atoms with Gasteiger partial charge < -0.3 is 63.1 Å². The number of carbonyl (C=O) groups is 3. The molecular weight excluding hydrogens is 819 g/mol. The molecule has 7 aliphatic rings. The molecule has 5 saturated heterocycles. The van der Waals surface area contributed by atoms with Gasteiger partial charge in [0.05, 0.1) is 24.3 Å². The number of amides is 3. The van der Waals surface area contributed by atoms with Crippen LogP contribution in [0.2, 0.25) is 0 Å². The van der Waals surface area contributed by atoms with Crippen LogP contribution in [0.15, 0.2) is 60.7 Å². The van der Waals surface area contributed by atoms with Crippen molar-refractivity contribution in [1.82, 2.24) is 15.5 Å². The van der Waals surface area contributed by atoms with Crippen LogP contribution in [0.3, 0.4) is 0 Å². The van der Waals surface area contributed by atoms with Gasteiger partial charge in [-0.15, -0.1) is 0 Å². The summed E-state index contributed by atoms with van der Waals surface area (Å²) in [7, 11) is 1.62. The number of hydrogen-bond donors (Lipinski definition) is 3. The summed E-state index contributed by atoms with van der Waals surface area (Å²) in [5.41, 5.74) is 1.66. The van der Waals surface area contributed by atoms with Gasteiger partial charge in [-0.2, -0.15) is 0 Å². The van der Waals surface area contributed by atoms with Gasteiger partial charge in [-0.1, -0.05) is 80.9 Å². The number of fused-ring (bicyclic) bond motifs is 4. The highest BCUT2D eigenvalue weighted by atomic mass is 16.8. The van der Waals surface area contributed by atoms with Crippen molar-refractivity contribution in [2.24, 2.45) is 11.8 Å². The van der Waals surface area contributed by atoms with Crippen LogP contribution in [0.4, 0.5) is 14.4 Å². The third-order valence-electron chi connectivity index (χ3n) is 13.9. The van der Waals surface area contributed by atoms with Crippen LogP contribution in [-0.2, 0) is 60.6 Å². The molecule has 5 aliphatic heterocycles. The molecule has 2 aromatic carbocycles. The monoisotopic (exact) mass is 879 g/mol. The molecule has 3 amide bonds. The van der Waals surface area contributed by atoms with Gasteiger partial charge in [0.1, 0.15) is 49.8 Å². The van der Waals surface area contributed by atoms with E-state index in [-0.39, 0.29) is 37.6 Å². The van der Waals surface area contributed by atoms with E-state index in [2.05, 4.69) is 10.6 Å². The van der Waals surface area contributed by atoms with Crippen LogP contribution in [0.1, 0.15) is 83.3 Å². The second kappa shape index (κ2) is 18.8. The van der Waals surface area contributed by atoms with Gasteiger partial charge in [0.2, 0.25) is 0 Å². The predicted molar refractivity (Wildman–Crippen MR) is 220 cm³/mol. The molecule has 0 radical (unpaired) electrons. The summed E-state index contributed by atoms with van der Waals surface area (Å²) in [5.74, 6) is -1.03. The molecule has 1 spiro atoms. The smallest absolute Gasteiger partial charge is 0.410 e. The molecule has 344 valence electrons. The fraction of sp³-hybridized carbons (Fsp3) is 0.674. The summed E-state index contributed by atoms with van der Waals surface area (Å²) in [6, 6.07) is 16.7. The van der Waals surface area contributed by atoms with Gasteiger partial charge in [-0.3, -0.25) is 4.90 Å². The second-order valence-corrected chi connectivity index (χ2v) is 18.4. The number of carbonyl (C=O) groups excluding carboxylic acids is 3. The van der Waals surface area contributed by atoms with E-state index < -0.39 is 104 Å². The minimum Gasteiger partial charge on any atom is -0.445 e. The van der Waals surface area contributed by atoms with Crippen LogP contribution in [-0.4, -0.2) is 127 Å². The summed E-state index contributed by atoms with van der Waals surface area (Å²) in [6.07, 6.45) is -4.67. The van der Waals surface area contributed by atoms with Crippen molar-refractivity contribution in [1.29, 1.82) is 0 Å². The topological polar surface area (TPSA) is 191 Å². The highest BCUT2D eigenvalue weighted by Crippen LogP contribution is 2.47. The van der Waals surface area contributed by atoms with E-state index in [4.69, 9.17) is 47.4 Å². The molecule has 3 N–H and O–H groups in total. The van der Waals surface area contributed by atoms with Gasteiger partial charge in [0.25, 0.3) is 0 Å². The minimum absolute atomic E-state index is 0.0451. The Morgan fingerprint density at radius 2 is 1.35 bits per heavy atom. The molecule has 9 rings (SSSR count). The lowest BCUT2D eigenvalue weighted by molar-refractivity contribution is -0.370.